The minimum absolute atomic E-state index is 0. The first-order chi connectivity index (χ1) is 6.68. The van der Waals surface area contributed by atoms with E-state index in [0.29, 0.717) is 3.72 Å². The summed E-state index contributed by atoms with van der Waals surface area (Å²) in [5, 5.41) is 0. The molecule has 0 saturated carbocycles. The summed E-state index contributed by atoms with van der Waals surface area (Å²) < 4.78 is 0.335. The van der Waals surface area contributed by atoms with E-state index in [9.17, 15) is 0 Å². The van der Waals surface area contributed by atoms with E-state index in [1.165, 1.54) is 6.42 Å². The first-order valence-corrected chi connectivity index (χ1v) is 5.92. The van der Waals surface area contributed by atoms with Crippen LogP contribution in [0.5, 0.6) is 0 Å². The summed E-state index contributed by atoms with van der Waals surface area (Å²) in [6.07, 6.45) is 16.9. The Kier molecular flexibility index (Phi) is 4.64. The Balaban J connectivity index is 0.00000112. The van der Waals surface area contributed by atoms with Crippen molar-refractivity contribution in [3.63, 3.8) is 0 Å². The van der Waals surface area contributed by atoms with E-state index in [-0.39, 0.29) is 12.4 Å². The molecule has 0 nitrogen and oxygen atoms in total. The number of hydrogen-bond acceptors (Lipinski definition) is 0. The quantitative estimate of drug-likeness (QED) is 0.656. The van der Waals surface area contributed by atoms with Gasteiger partial charge in [-0.15, -0.1) is 0 Å². The molecule has 15 heavy (non-hydrogen) atoms. The van der Waals surface area contributed by atoms with Gasteiger partial charge in [0.25, 0.3) is 0 Å². The second-order valence-electron chi connectivity index (χ2n) is 4.29. The Bertz CT molecular complexity index is 346. The standard InChI is InChI=1S/C13H15.ClH.Ti/c1-11(13-8-4-5-9-13)10-12-6-2-3-7-12;;/h2-6,8H,7,9-10H2,1H3;1H;/q;;+1/p-1. The molecular formula is C13H15ClTi. The molecule has 0 aromatic carbocycles. The van der Waals surface area contributed by atoms with Crippen molar-refractivity contribution in [2.24, 2.45) is 0 Å². The molecule has 0 bridgehead atoms. The van der Waals surface area contributed by atoms with Gasteiger partial charge in [0.1, 0.15) is 0 Å². The van der Waals surface area contributed by atoms with Crippen LogP contribution in [0.15, 0.2) is 47.6 Å². The van der Waals surface area contributed by atoms with Crippen LogP contribution in [-0.4, -0.2) is 0 Å². The SMILES string of the molecule is C[C]([Ti+])(CC1=CC=CC1)C1=CC=CC1.[Cl-]. The van der Waals surface area contributed by atoms with Gasteiger partial charge < -0.3 is 12.4 Å². The van der Waals surface area contributed by atoms with Crippen LogP contribution < -0.4 is 12.4 Å². The van der Waals surface area contributed by atoms with Crippen molar-refractivity contribution in [3.8, 4) is 0 Å². The fraction of sp³-hybridized carbons (Fsp3) is 0.385. The molecule has 1 unspecified atom stereocenters. The molecule has 0 aromatic heterocycles. The Hall–Kier alpha value is -0.0357. The van der Waals surface area contributed by atoms with Gasteiger partial charge in [0.15, 0.2) is 0 Å². The van der Waals surface area contributed by atoms with Gasteiger partial charge in [-0.05, 0) is 0 Å². The minimum Gasteiger partial charge on any atom is -1.00 e. The summed E-state index contributed by atoms with van der Waals surface area (Å²) in [6, 6.07) is 0. The van der Waals surface area contributed by atoms with Crippen LogP contribution in [0.3, 0.4) is 0 Å². The van der Waals surface area contributed by atoms with Crippen LogP contribution in [0.4, 0.5) is 0 Å². The summed E-state index contributed by atoms with van der Waals surface area (Å²) >= 11 is 2.35. The normalized spacial score (nSPS) is 21.9. The summed E-state index contributed by atoms with van der Waals surface area (Å²) in [5.41, 5.74) is 3.15. The first kappa shape index (κ1) is 13.0. The summed E-state index contributed by atoms with van der Waals surface area (Å²) in [5.74, 6) is 0. The molecule has 2 heteroatoms. The predicted molar refractivity (Wildman–Crippen MR) is 56.7 cm³/mol. The third-order valence-electron chi connectivity index (χ3n) is 2.91. The van der Waals surface area contributed by atoms with Gasteiger partial charge in [-0.2, -0.15) is 0 Å². The molecule has 0 aliphatic heterocycles. The van der Waals surface area contributed by atoms with Gasteiger partial charge in [0.2, 0.25) is 0 Å². The molecule has 0 fully saturated rings. The average molecular weight is 255 g/mol. The molecule has 0 N–H and O–H groups in total. The number of hydrogen-bond donors (Lipinski definition) is 0. The molecule has 2 rings (SSSR count). The molecule has 1 atom stereocenters. The van der Waals surface area contributed by atoms with E-state index in [2.05, 4.69) is 63.8 Å². The smallest absolute Gasteiger partial charge is 1.00 e. The first-order valence-electron chi connectivity index (χ1n) is 5.14. The van der Waals surface area contributed by atoms with Crippen LogP contribution >= 0.6 is 0 Å². The van der Waals surface area contributed by atoms with E-state index in [4.69, 9.17) is 0 Å². The molecule has 78 valence electrons. The van der Waals surface area contributed by atoms with Crippen LogP contribution in [0.25, 0.3) is 0 Å². The monoisotopic (exact) mass is 254 g/mol. The molecular weight excluding hydrogens is 239 g/mol. The van der Waals surface area contributed by atoms with Gasteiger partial charge >= 0.3 is 97.9 Å². The fourth-order valence-electron chi connectivity index (χ4n) is 2.05. The number of halogens is 1. The Morgan fingerprint density at radius 3 is 2.40 bits per heavy atom. The van der Waals surface area contributed by atoms with Crippen molar-refractivity contribution in [2.45, 2.75) is 29.9 Å². The van der Waals surface area contributed by atoms with Crippen LogP contribution in [0, 0.1) is 0 Å². The second kappa shape index (κ2) is 5.34. The van der Waals surface area contributed by atoms with Crippen molar-refractivity contribution in [1.82, 2.24) is 0 Å². The van der Waals surface area contributed by atoms with Crippen LogP contribution in [0.1, 0.15) is 26.2 Å². The van der Waals surface area contributed by atoms with Gasteiger partial charge in [-0.25, -0.2) is 0 Å². The minimum atomic E-state index is 0. The molecule has 2 aliphatic carbocycles. The maximum Gasteiger partial charge on any atom is -1.00 e. The zero-order chi connectivity index (χ0) is 10.0. The number of rotatable bonds is 3. The number of allylic oxidation sites excluding steroid dienone is 8. The van der Waals surface area contributed by atoms with Crippen molar-refractivity contribution < 1.29 is 32.8 Å². The van der Waals surface area contributed by atoms with Gasteiger partial charge in [-0.1, -0.05) is 0 Å². The molecule has 0 aromatic rings. The largest absolute Gasteiger partial charge is 1.00 e. The maximum atomic E-state index is 2.35. The maximum absolute atomic E-state index is 2.35. The van der Waals surface area contributed by atoms with E-state index in [0.717, 1.165) is 12.8 Å². The topological polar surface area (TPSA) is 0 Å². The van der Waals surface area contributed by atoms with Crippen LogP contribution in [-0.2, 0) is 20.4 Å². The predicted octanol–water partition coefficient (Wildman–Crippen LogP) is 0.879. The van der Waals surface area contributed by atoms with Crippen molar-refractivity contribution in [1.29, 1.82) is 0 Å². The Morgan fingerprint density at radius 2 is 1.87 bits per heavy atom. The zero-order valence-corrected chi connectivity index (χ0v) is 11.3. The Labute approximate surface area is 110 Å². The fourth-order valence-corrected chi connectivity index (χ4v) is 2.69. The van der Waals surface area contributed by atoms with E-state index < -0.39 is 0 Å². The zero-order valence-electron chi connectivity index (χ0n) is 8.96. The molecule has 0 heterocycles. The summed E-state index contributed by atoms with van der Waals surface area (Å²) in [6.45, 7) is 2.35. The van der Waals surface area contributed by atoms with Gasteiger partial charge in [0, 0.05) is 0 Å². The molecule has 0 spiro atoms. The van der Waals surface area contributed by atoms with Crippen molar-refractivity contribution >= 4 is 0 Å². The van der Waals surface area contributed by atoms with Crippen molar-refractivity contribution in [2.75, 3.05) is 0 Å². The van der Waals surface area contributed by atoms with Gasteiger partial charge in [-0.3, -0.25) is 0 Å². The summed E-state index contributed by atoms with van der Waals surface area (Å²) in [4.78, 5) is 0. The molecule has 0 saturated heterocycles. The van der Waals surface area contributed by atoms with E-state index >= 15 is 0 Å². The second-order valence-corrected chi connectivity index (χ2v) is 6.01. The van der Waals surface area contributed by atoms with E-state index in [1.54, 1.807) is 11.1 Å². The summed E-state index contributed by atoms with van der Waals surface area (Å²) in [7, 11) is 0. The molecule has 0 radical (unpaired) electrons. The van der Waals surface area contributed by atoms with E-state index in [1.807, 2.05) is 0 Å². The molecule has 0 amide bonds. The van der Waals surface area contributed by atoms with Crippen molar-refractivity contribution in [3.05, 3.63) is 47.6 Å². The third kappa shape index (κ3) is 3.21. The van der Waals surface area contributed by atoms with Gasteiger partial charge in [0.05, 0.1) is 0 Å². The Morgan fingerprint density at radius 1 is 1.20 bits per heavy atom. The third-order valence-corrected chi connectivity index (χ3v) is 3.69. The van der Waals surface area contributed by atoms with Crippen LogP contribution in [0.2, 0.25) is 3.72 Å². The molecule has 2 aliphatic rings. The average Bonchev–Trinajstić information content (AvgIpc) is 2.71.